The van der Waals surface area contributed by atoms with Gasteiger partial charge in [-0.3, -0.25) is 4.79 Å². The van der Waals surface area contributed by atoms with Gasteiger partial charge in [-0.25, -0.2) is 4.79 Å². The van der Waals surface area contributed by atoms with E-state index in [0.29, 0.717) is 24.3 Å². The first kappa shape index (κ1) is 12.4. The number of carboxylic acids is 1. The van der Waals surface area contributed by atoms with E-state index in [1.54, 1.807) is 31.0 Å². The number of likely N-dealkylation sites (N-methyl/N-ethyl adjacent to an activating group) is 1. The van der Waals surface area contributed by atoms with Gasteiger partial charge in [0.1, 0.15) is 5.75 Å². The van der Waals surface area contributed by atoms with Crippen molar-refractivity contribution >= 4 is 11.9 Å². The molecule has 1 heterocycles. The van der Waals surface area contributed by atoms with Gasteiger partial charge in [0.2, 0.25) is 0 Å². The Balaban J connectivity index is 2.22. The van der Waals surface area contributed by atoms with Crippen LogP contribution in [0.15, 0.2) is 18.2 Å². The van der Waals surface area contributed by atoms with Gasteiger partial charge >= 0.3 is 5.97 Å². The summed E-state index contributed by atoms with van der Waals surface area (Å²) in [7, 11) is 1.73. The number of rotatable bonds is 3. The lowest BCUT2D eigenvalue weighted by molar-refractivity contribution is -0.132. The predicted molar refractivity (Wildman–Crippen MR) is 64.8 cm³/mol. The molecule has 1 saturated heterocycles. The fourth-order valence-corrected chi connectivity index (χ4v) is 2.03. The fraction of sp³-hybridized carbons (Fsp3) is 0.385. The zero-order valence-electron chi connectivity index (χ0n) is 10.3. The summed E-state index contributed by atoms with van der Waals surface area (Å²) in [5.74, 6) is -0.591. The van der Waals surface area contributed by atoms with Gasteiger partial charge in [0.05, 0.1) is 5.56 Å². The number of hydrogen-bond donors (Lipinski definition) is 1. The van der Waals surface area contributed by atoms with Gasteiger partial charge in [0.25, 0.3) is 5.91 Å². The largest absolute Gasteiger partial charge is 0.480 e. The van der Waals surface area contributed by atoms with Crippen LogP contribution < -0.4 is 4.74 Å². The third kappa shape index (κ3) is 2.16. The highest BCUT2D eigenvalue weighted by molar-refractivity contribution is 5.90. The second-order valence-electron chi connectivity index (χ2n) is 4.39. The fourth-order valence-electron chi connectivity index (χ4n) is 2.03. The quantitative estimate of drug-likeness (QED) is 0.876. The molecule has 96 valence electrons. The standard InChI is InChI=1S/C13H15NO4/c1-8-9(13(16)17)4-3-5-10(8)18-11-6-7-14(2)12(11)15/h3-5,11H,6-7H2,1-2H3,(H,16,17). The van der Waals surface area contributed by atoms with Crippen LogP contribution >= 0.6 is 0 Å². The average molecular weight is 249 g/mol. The molecule has 5 nitrogen and oxygen atoms in total. The van der Waals surface area contributed by atoms with Crippen LogP contribution in [0.2, 0.25) is 0 Å². The van der Waals surface area contributed by atoms with Crippen molar-refractivity contribution in [1.29, 1.82) is 0 Å². The van der Waals surface area contributed by atoms with E-state index < -0.39 is 12.1 Å². The van der Waals surface area contributed by atoms with Crippen molar-refractivity contribution in [3.05, 3.63) is 29.3 Å². The highest BCUT2D eigenvalue weighted by Crippen LogP contribution is 2.25. The van der Waals surface area contributed by atoms with E-state index in [1.807, 2.05) is 0 Å². The summed E-state index contributed by atoms with van der Waals surface area (Å²) in [6, 6.07) is 4.83. The van der Waals surface area contributed by atoms with E-state index >= 15 is 0 Å². The number of amides is 1. The van der Waals surface area contributed by atoms with Gasteiger partial charge in [-0.15, -0.1) is 0 Å². The molecule has 0 aliphatic carbocycles. The van der Waals surface area contributed by atoms with Crippen molar-refractivity contribution in [3.8, 4) is 5.75 Å². The summed E-state index contributed by atoms with van der Waals surface area (Å²) in [6.45, 7) is 2.35. The Bertz CT molecular complexity index is 498. The summed E-state index contributed by atoms with van der Waals surface area (Å²) in [6.07, 6.45) is 0.129. The second kappa shape index (κ2) is 4.68. The van der Waals surface area contributed by atoms with E-state index in [1.165, 1.54) is 6.07 Å². The number of aromatic carboxylic acids is 1. The van der Waals surface area contributed by atoms with Crippen molar-refractivity contribution in [2.45, 2.75) is 19.4 Å². The minimum absolute atomic E-state index is 0.0601. The minimum atomic E-state index is -0.993. The van der Waals surface area contributed by atoms with Crippen molar-refractivity contribution < 1.29 is 19.4 Å². The molecule has 0 aromatic heterocycles. The van der Waals surface area contributed by atoms with E-state index in [9.17, 15) is 9.59 Å². The van der Waals surface area contributed by atoms with Crippen molar-refractivity contribution in [1.82, 2.24) is 4.90 Å². The molecule has 0 saturated carbocycles. The summed E-state index contributed by atoms with van der Waals surface area (Å²) in [5, 5.41) is 9.01. The Morgan fingerprint density at radius 2 is 2.22 bits per heavy atom. The normalized spacial score (nSPS) is 19.1. The smallest absolute Gasteiger partial charge is 0.336 e. The molecule has 2 rings (SSSR count). The van der Waals surface area contributed by atoms with Gasteiger partial charge in [0.15, 0.2) is 6.10 Å². The number of likely N-dealkylation sites (tertiary alicyclic amines) is 1. The van der Waals surface area contributed by atoms with Gasteiger partial charge in [0, 0.05) is 25.6 Å². The van der Waals surface area contributed by atoms with Crippen molar-refractivity contribution in [2.24, 2.45) is 0 Å². The van der Waals surface area contributed by atoms with Crippen molar-refractivity contribution in [3.63, 3.8) is 0 Å². The van der Waals surface area contributed by atoms with Crippen LogP contribution in [0.1, 0.15) is 22.3 Å². The monoisotopic (exact) mass is 249 g/mol. The summed E-state index contributed by atoms with van der Waals surface area (Å²) < 4.78 is 5.63. The molecule has 0 radical (unpaired) electrons. The number of carboxylic acid groups (broad SMARTS) is 1. The molecule has 1 amide bonds. The Kier molecular flexibility index (Phi) is 3.23. The number of nitrogens with zero attached hydrogens (tertiary/aromatic N) is 1. The summed E-state index contributed by atoms with van der Waals surface area (Å²) in [4.78, 5) is 24.3. The van der Waals surface area contributed by atoms with Gasteiger partial charge in [-0.2, -0.15) is 0 Å². The predicted octanol–water partition coefficient (Wildman–Crippen LogP) is 1.30. The maximum Gasteiger partial charge on any atom is 0.336 e. The molecule has 1 aromatic carbocycles. The highest BCUT2D eigenvalue weighted by atomic mass is 16.5. The first-order chi connectivity index (χ1) is 8.50. The second-order valence-corrected chi connectivity index (χ2v) is 4.39. The van der Waals surface area contributed by atoms with Crippen LogP contribution in [0.3, 0.4) is 0 Å². The Morgan fingerprint density at radius 1 is 1.50 bits per heavy atom. The number of carbonyl (C=O) groups is 2. The van der Waals surface area contributed by atoms with E-state index in [4.69, 9.17) is 9.84 Å². The SMILES string of the molecule is Cc1c(OC2CCN(C)C2=O)cccc1C(=O)O. The summed E-state index contributed by atoms with van der Waals surface area (Å²) >= 11 is 0. The third-order valence-electron chi connectivity index (χ3n) is 3.16. The molecule has 18 heavy (non-hydrogen) atoms. The van der Waals surface area contributed by atoms with E-state index in [-0.39, 0.29) is 11.5 Å². The van der Waals surface area contributed by atoms with Gasteiger partial charge < -0.3 is 14.7 Å². The molecule has 1 unspecified atom stereocenters. The van der Waals surface area contributed by atoms with Crippen molar-refractivity contribution in [2.75, 3.05) is 13.6 Å². The van der Waals surface area contributed by atoms with Crippen LogP contribution in [-0.2, 0) is 4.79 Å². The zero-order chi connectivity index (χ0) is 13.3. The number of benzene rings is 1. The minimum Gasteiger partial charge on any atom is -0.480 e. The van der Waals surface area contributed by atoms with Crippen LogP contribution in [-0.4, -0.2) is 41.6 Å². The van der Waals surface area contributed by atoms with E-state index in [0.717, 1.165) is 0 Å². The Hall–Kier alpha value is -2.04. The molecular weight excluding hydrogens is 234 g/mol. The van der Waals surface area contributed by atoms with Gasteiger partial charge in [-0.05, 0) is 19.1 Å². The zero-order valence-corrected chi connectivity index (χ0v) is 10.3. The molecule has 1 aromatic rings. The van der Waals surface area contributed by atoms with Crippen LogP contribution in [0.4, 0.5) is 0 Å². The van der Waals surface area contributed by atoms with Gasteiger partial charge in [-0.1, -0.05) is 6.07 Å². The number of ether oxygens (including phenoxy) is 1. The Morgan fingerprint density at radius 3 is 2.78 bits per heavy atom. The number of carbonyl (C=O) groups excluding carboxylic acids is 1. The lowest BCUT2D eigenvalue weighted by atomic mass is 10.1. The first-order valence-electron chi connectivity index (χ1n) is 5.75. The third-order valence-corrected chi connectivity index (χ3v) is 3.16. The lowest BCUT2D eigenvalue weighted by Crippen LogP contribution is -2.29. The molecule has 0 bridgehead atoms. The average Bonchev–Trinajstić information content (AvgIpc) is 2.63. The van der Waals surface area contributed by atoms with E-state index in [2.05, 4.69) is 0 Å². The molecule has 1 atom stereocenters. The van der Waals surface area contributed by atoms with Crippen LogP contribution in [0, 0.1) is 6.92 Å². The number of hydrogen-bond acceptors (Lipinski definition) is 3. The summed E-state index contributed by atoms with van der Waals surface area (Å²) in [5.41, 5.74) is 0.749. The Labute approximate surface area is 105 Å². The highest BCUT2D eigenvalue weighted by Gasteiger charge is 2.31. The molecule has 1 aliphatic heterocycles. The molecule has 1 aliphatic rings. The molecule has 0 spiro atoms. The topological polar surface area (TPSA) is 66.8 Å². The lowest BCUT2D eigenvalue weighted by Gasteiger charge is -2.15. The van der Waals surface area contributed by atoms with Crippen LogP contribution in [0.25, 0.3) is 0 Å². The molecule has 1 fully saturated rings. The maximum atomic E-state index is 11.7. The molecule has 1 N–H and O–H groups in total. The molecule has 5 heteroatoms. The first-order valence-corrected chi connectivity index (χ1v) is 5.75. The maximum absolute atomic E-state index is 11.7. The molecular formula is C13H15NO4. The van der Waals surface area contributed by atoms with Crippen LogP contribution in [0.5, 0.6) is 5.75 Å².